The second-order valence-electron chi connectivity index (χ2n) is 4.79. The maximum absolute atomic E-state index is 13.6. The molecule has 0 aliphatic carbocycles. The molecule has 0 bridgehead atoms. The molecule has 2 rings (SSSR count). The standard InChI is InChI=1S/C17H18FN3O3S/c1-22-14-6-4-11(8-13(14)18)10-19-21-17(25)20-12-5-7-15(23-2)16(9-12)24-3/h4-10H,1-3H3,(H2,20,21,25)/b19-10-. The van der Waals surface area contributed by atoms with Gasteiger partial charge in [-0.25, -0.2) is 4.39 Å². The van der Waals surface area contributed by atoms with Crippen LogP contribution in [0, 0.1) is 5.82 Å². The Bertz CT molecular complexity index is 784. The average molecular weight is 363 g/mol. The molecule has 2 N–H and O–H groups in total. The summed E-state index contributed by atoms with van der Waals surface area (Å²) >= 11 is 5.16. The molecule has 0 aliphatic heterocycles. The largest absolute Gasteiger partial charge is 0.494 e. The molecule has 6 nitrogen and oxygen atoms in total. The molecule has 0 aromatic heterocycles. The fraction of sp³-hybridized carbons (Fsp3) is 0.176. The summed E-state index contributed by atoms with van der Waals surface area (Å²) in [5.74, 6) is 0.909. The summed E-state index contributed by atoms with van der Waals surface area (Å²) < 4.78 is 28.8. The summed E-state index contributed by atoms with van der Waals surface area (Å²) in [5.41, 5.74) is 3.94. The van der Waals surface area contributed by atoms with Gasteiger partial charge in [-0.15, -0.1) is 0 Å². The fourth-order valence-corrected chi connectivity index (χ4v) is 2.17. The van der Waals surface area contributed by atoms with Gasteiger partial charge in [-0.2, -0.15) is 5.10 Å². The third-order valence-electron chi connectivity index (χ3n) is 3.20. The van der Waals surface area contributed by atoms with E-state index in [4.69, 9.17) is 26.4 Å². The smallest absolute Gasteiger partial charge is 0.191 e. The zero-order valence-corrected chi connectivity index (χ0v) is 14.8. The van der Waals surface area contributed by atoms with Crippen molar-refractivity contribution < 1.29 is 18.6 Å². The van der Waals surface area contributed by atoms with E-state index in [1.807, 2.05) is 0 Å². The molecule has 0 aliphatic rings. The lowest BCUT2D eigenvalue weighted by atomic mass is 10.2. The topological polar surface area (TPSA) is 64.1 Å². The maximum Gasteiger partial charge on any atom is 0.191 e. The zero-order chi connectivity index (χ0) is 18.2. The van der Waals surface area contributed by atoms with Gasteiger partial charge in [0.1, 0.15) is 0 Å². The van der Waals surface area contributed by atoms with Gasteiger partial charge in [0.25, 0.3) is 0 Å². The second-order valence-corrected chi connectivity index (χ2v) is 5.20. The van der Waals surface area contributed by atoms with Crippen LogP contribution in [0.1, 0.15) is 5.56 Å². The average Bonchev–Trinajstić information content (AvgIpc) is 2.61. The van der Waals surface area contributed by atoms with E-state index >= 15 is 0 Å². The van der Waals surface area contributed by atoms with E-state index in [1.54, 1.807) is 38.5 Å². The van der Waals surface area contributed by atoms with Crippen LogP contribution in [-0.2, 0) is 0 Å². The van der Waals surface area contributed by atoms with Crippen LogP contribution in [0.5, 0.6) is 17.2 Å². The van der Waals surface area contributed by atoms with Crippen molar-refractivity contribution in [1.29, 1.82) is 0 Å². The molecule has 2 aromatic rings. The molecule has 25 heavy (non-hydrogen) atoms. The molecule has 0 atom stereocenters. The summed E-state index contributed by atoms with van der Waals surface area (Å²) in [6.45, 7) is 0. The predicted molar refractivity (Wildman–Crippen MR) is 99.4 cm³/mol. The third-order valence-corrected chi connectivity index (χ3v) is 3.39. The number of benzene rings is 2. The number of rotatable bonds is 6. The predicted octanol–water partition coefficient (Wildman–Crippen LogP) is 3.17. The number of thiocarbonyl (C=S) groups is 1. The highest BCUT2D eigenvalue weighted by atomic mass is 32.1. The number of anilines is 1. The van der Waals surface area contributed by atoms with Gasteiger partial charge in [-0.3, -0.25) is 5.43 Å². The van der Waals surface area contributed by atoms with Crippen LogP contribution in [0.3, 0.4) is 0 Å². The van der Waals surface area contributed by atoms with Crippen LogP contribution in [-0.4, -0.2) is 32.7 Å². The molecular formula is C17H18FN3O3S. The molecule has 8 heteroatoms. The lowest BCUT2D eigenvalue weighted by Crippen LogP contribution is -2.23. The Kier molecular flexibility index (Phi) is 6.53. The summed E-state index contributed by atoms with van der Waals surface area (Å²) in [6.07, 6.45) is 1.45. The van der Waals surface area contributed by atoms with E-state index < -0.39 is 5.82 Å². The molecule has 2 aromatic carbocycles. The van der Waals surface area contributed by atoms with Gasteiger partial charge in [0.2, 0.25) is 0 Å². The first-order valence-electron chi connectivity index (χ1n) is 7.23. The number of nitrogens with zero attached hydrogens (tertiary/aromatic N) is 1. The summed E-state index contributed by atoms with van der Waals surface area (Å²) in [7, 11) is 4.52. The molecule has 0 saturated carbocycles. The second kappa shape index (κ2) is 8.84. The molecule has 0 amide bonds. The van der Waals surface area contributed by atoms with Crippen LogP contribution in [0.15, 0.2) is 41.5 Å². The van der Waals surface area contributed by atoms with Crippen LogP contribution >= 0.6 is 12.2 Å². The maximum atomic E-state index is 13.6. The van der Waals surface area contributed by atoms with E-state index in [1.165, 1.54) is 25.5 Å². The Morgan fingerprint density at radius 3 is 2.32 bits per heavy atom. The van der Waals surface area contributed by atoms with E-state index in [2.05, 4.69) is 15.8 Å². The lowest BCUT2D eigenvalue weighted by Gasteiger charge is -2.11. The number of ether oxygens (including phenoxy) is 3. The van der Waals surface area contributed by atoms with Crippen molar-refractivity contribution >= 4 is 29.2 Å². The minimum Gasteiger partial charge on any atom is -0.494 e. The van der Waals surface area contributed by atoms with Gasteiger partial charge >= 0.3 is 0 Å². The van der Waals surface area contributed by atoms with Crippen LogP contribution in [0.4, 0.5) is 10.1 Å². The fourth-order valence-electron chi connectivity index (χ4n) is 2.00. The van der Waals surface area contributed by atoms with Gasteiger partial charge in [0.05, 0.1) is 27.5 Å². The van der Waals surface area contributed by atoms with Crippen molar-refractivity contribution in [2.75, 3.05) is 26.6 Å². The highest BCUT2D eigenvalue weighted by molar-refractivity contribution is 7.80. The first-order chi connectivity index (χ1) is 12.1. The Balaban J connectivity index is 1.95. The minimum absolute atomic E-state index is 0.177. The summed E-state index contributed by atoms with van der Waals surface area (Å²) in [5, 5.41) is 7.20. The van der Waals surface area contributed by atoms with Crippen molar-refractivity contribution in [3.63, 3.8) is 0 Å². The quantitative estimate of drug-likeness (QED) is 0.467. The SMILES string of the molecule is COc1ccc(/C=N\NC(=S)Nc2ccc(OC)c(OC)c2)cc1F. The Morgan fingerprint density at radius 1 is 1.00 bits per heavy atom. The van der Waals surface area contributed by atoms with Crippen molar-refractivity contribution in [3.8, 4) is 17.2 Å². The van der Waals surface area contributed by atoms with E-state index in [0.29, 0.717) is 22.7 Å². The monoisotopic (exact) mass is 363 g/mol. The van der Waals surface area contributed by atoms with Gasteiger partial charge in [0.15, 0.2) is 28.2 Å². The highest BCUT2D eigenvalue weighted by Crippen LogP contribution is 2.29. The number of hydrogen-bond acceptors (Lipinski definition) is 5. The molecule has 0 unspecified atom stereocenters. The van der Waals surface area contributed by atoms with Gasteiger partial charge < -0.3 is 19.5 Å². The van der Waals surface area contributed by atoms with Crippen molar-refractivity contribution in [2.24, 2.45) is 5.10 Å². The molecule has 0 saturated heterocycles. The van der Waals surface area contributed by atoms with Crippen molar-refractivity contribution in [2.45, 2.75) is 0 Å². The van der Waals surface area contributed by atoms with E-state index in [0.717, 1.165) is 0 Å². The zero-order valence-electron chi connectivity index (χ0n) is 14.0. The first kappa shape index (κ1) is 18.5. The highest BCUT2D eigenvalue weighted by Gasteiger charge is 2.05. The van der Waals surface area contributed by atoms with E-state index in [9.17, 15) is 4.39 Å². The van der Waals surface area contributed by atoms with Crippen LogP contribution in [0.25, 0.3) is 0 Å². The molecule has 0 spiro atoms. The summed E-state index contributed by atoms with van der Waals surface area (Å²) in [4.78, 5) is 0. The van der Waals surface area contributed by atoms with Crippen LogP contribution < -0.4 is 25.0 Å². The normalized spacial score (nSPS) is 10.4. The molecule has 132 valence electrons. The third kappa shape index (κ3) is 5.05. The molecule has 0 fully saturated rings. The Hall–Kier alpha value is -2.87. The van der Waals surface area contributed by atoms with Crippen molar-refractivity contribution in [1.82, 2.24) is 5.43 Å². The number of halogens is 1. The van der Waals surface area contributed by atoms with Gasteiger partial charge in [-0.1, -0.05) is 0 Å². The first-order valence-corrected chi connectivity index (χ1v) is 7.64. The molecule has 0 radical (unpaired) electrons. The number of hydrazone groups is 1. The van der Waals surface area contributed by atoms with Crippen molar-refractivity contribution in [3.05, 3.63) is 47.8 Å². The number of methoxy groups -OCH3 is 3. The molecular weight excluding hydrogens is 345 g/mol. The molecule has 0 heterocycles. The van der Waals surface area contributed by atoms with Gasteiger partial charge in [-0.05, 0) is 48.1 Å². The lowest BCUT2D eigenvalue weighted by molar-refractivity contribution is 0.355. The van der Waals surface area contributed by atoms with E-state index in [-0.39, 0.29) is 10.9 Å². The van der Waals surface area contributed by atoms with Crippen LogP contribution in [0.2, 0.25) is 0 Å². The minimum atomic E-state index is -0.461. The van der Waals surface area contributed by atoms with Gasteiger partial charge in [0, 0.05) is 11.8 Å². The number of nitrogens with one attached hydrogen (secondary N) is 2. The Labute approximate surface area is 150 Å². The number of hydrogen-bond donors (Lipinski definition) is 2. The summed E-state index contributed by atoms with van der Waals surface area (Å²) in [6, 6.07) is 9.81. The Morgan fingerprint density at radius 2 is 1.68 bits per heavy atom.